The molecule has 0 spiro atoms. The van der Waals surface area contributed by atoms with Crippen LogP contribution in [0.5, 0.6) is 0 Å². The number of hydrogen-bond acceptors (Lipinski definition) is 4. The number of nitrogens with zero attached hydrogens (tertiary/aromatic N) is 1. The third-order valence-corrected chi connectivity index (χ3v) is 3.13. The molecule has 112 valence electrons. The van der Waals surface area contributed by atoms with E-state index < -0.39 is 10.7 Å². The molecule has 1 atom stereocenters. The SMILES string of the molecule is CCCNC(COC)Cc1cc(F)c(Cl)cc1[N+](=O)[O-]. The Labute approximate surface area is 122 Å². The predicted octanol–water partition coefficient (Wildman–Crippen LogP) is 2.94. The van der Waals surface area contributed by atoms with Crippen molar-refractivity contribution in [3.8, 4) is 0 Å². The van der Waals surface area contributed by atoms with E-state index in [0.717, 1.165) is 25.1 Å². The van der Waals surface area contributed by atoms with Crippen LogP contribution >= 0.6 is 11.6 Å². The summed E-state index contributed by atoms with van der Waals surface area (Å²) in [5, 5.41) is 14.0. The summed E-state index contributed by atoms with van der Waals surface area (Å²) < 4.78 is 18.6. The molecule has 0 heterocycles. The number of nitrogens with one attached hydrogen (secondary N) is 1. The lowest BCUT2D eigenvalue weighted by Crippen LogP contribution is -2.35. The fourth-order valence-corrected chi connectivity index (χ4v) is 2.07. The molecular formula is C13H18ClFN2O3. The number of benzene rings is 1. The van der Waals surface area contributed by atoms with E-state index in [9.17, 15) is 14.5 Å². The van der Waals surface area contributed by atoms with Crippen molar-refractivity contribution in [3.63, 3.8) is 0 Å². The number of rotatable bonds is 8. The van der Waals surface area contributed by atoms with Crippen LogP contribution in [-0.4, -0.2) is 31.2 Å². The van der Waals surface area contributed by atoms with Gasteiger partial charge >= 0.3 is 0 Å². The molecule has 1 aromatic rings. The highest BCUT2D eigenvalue weighted by molar-refractivity contribution is 6.31. The van der Waals surface area contributed by atoms with E-state index in [2.05, 4.69) is 5.32 Å². The maximum atomic E-state index is 13.5. The van der Waals surface area contributed by atoms with Gasteiger partial charge in [0.15, 0.2) is 0 Å². The van der Waals surface area contributed by atoms with Crippen molar-refractivity contribution in [1.29, 1.82) is 0 Å². The summed E-state index contributed by atoms with van der Waals surface area (Å²) >= 11 is 5.59. The molecule has 1 unspecified atom stereocenters. The normalized spacial score (nSPS) is 12.4. The van der Waals surface area contributed by atoms with Crippen LogP contribution in [0.15, 0.2) is 12.1 Å². The Kier molecular flexibility index (Phi) is 6.84. The molecule has 1 aromatic carbocycles. The van der Waals surface area contributed by atoms with Crippen LogP contribution in [0.25, 0.3) is 0 Å². The molecule has 20 heavy (non-hydrogen) atoms. The van der Waals surface area contributed by atoms with E-state index in [4.69, 9.17) is 16.3 Å². The summed E-state index contributed by atoms with van der Waals surface area (Å²) in [4.78, 5) is 10.5. The molecule has 0 radical (unpaired) electrons. The fraction of sp³-hybridized carbons (Fsp3) is 0.538. The van der Waals surface area contributed by atoms with Crippen molar-refractivity contribution in [2.24, 2.45) is 0 Å². The van der Waals surface area contributed by atoms with E-state index in [1.165, 1.54) is 0 Å². The van der Waals surface area contributed by atoms with Crippen LogP contribution in [0.3, 0.4) is 0 Å². The van der Waals surface area contributed by atoms with Gasteiger partial charge in [-0.15, -0.1) is 0 Å². The first-order chi connectivity index (χ1) is 9.49. The minimum Gasteiger partial charge on any atom is -0.383 e. The van der Waals surface area contributed by atoms with Crippen molar-refractivity contribution in [3.05, 3.63) is 38.7 Å². The summed E-state index contributed by atoms with van der Waals surface area (Å²) in [5.74, 6) is -0.654. The number of nitro groups is 1. The molecule has 0 bridgehead atoms. The van der Waals surface area contributed by atoms with Crippen molar-refractivity contribution in [2.75, 3.05) is 20.3 Å². The number of hydrogen-bond donors (Lipinski definition) is 1. The topological polar surface area (TPSA) is 64.4 Å². The first-order valence-corrected chi connectivity index (χ1v) is 6.72. The third kappa shape index (κ3) is 4.70. The highest BCUT2D eigenvalue weighted by Gasteiger charge is 2.20. The van der Waals surface area contributed by atoms with Gasteiger partial charge in [-0.05, 0) is 25.5 Å². The van der Waals surface area contributed by atoms with Crippen molar-refractivity contribution in [1.82, 2.24) is 5.32 Å². The molecule has 1 rings (SSSR count). The smallest absolute Gasteiger partial charge is 0.274 e. The van der Waals surface area contributed by atoms with Gasteiger partial charge < -0.3 is 10.1 Å². The lowest BCUT2D eigenvalue weighted by atomic mass is 10.0. The number of methoxy groups -OCH3 is 1. The molecule has 0 aromatic heterocycles. The van der Waals surface area contributed by atoms with Crippen LogP contribution in [0.4, 0.5) is 10.1 Å². The van der Waals surface area contributed by atoms with Crippen LogP contribution in [0.1, 0.15) is 18.9 Å². The monoisotopic (exact) mass is 304 g/mol. The minimum absolute atomic E-state index is 0.112. The van der Waals surface area contributed by atoms with Crippen LogP contribution in [-0.2, 0) is 11.2 Å². The van der Waals surface area contributed by atoms with Crippen molar-refractivity contribution >= 4 is 17.3 Å². The Morgan fingerprint density at radius 1 is 1.55 bits per heavy atom. The molecule has 0 amide bonds. The van der Waals surface area contributed by atoms with Crippen LogP contribution in [0, 0.1) is 15.9 Å². The largest absolute Gasteiger partial charge is 0.383 e. The van der Waals surface area contributed by atoms with Crippen LogP contribution < -0.4 is 5.32 Å². The Hall–Kier alpha value is -1.24. The summed E-state index contributed by atoms with van der Waals surface area (Å²) in [5.41, 5.74) is 0.137. The van der Waals surface area contributed by atoms with Crippen LogP contribution in [0.2, 0.25) is 5.02 Å². The molecule has 0 saturated heterocycles. The lowest BCUT2D eigenvalue weighted by Gasteiger charge is -2.17. The molecule has 0 fully saturated rings. The van der Waals surface area contributed by atoms with Gasteiger partial charge in [-0.1, -0.05) is 18.5 Å². The second-order valence-electron chi connectivity index (χ2n) is 4.46. The van der Waals surface area contributed by atoms with Gasteiger partial charge in [0.05, 0.1) is 16.6 Å². The van der Waals surface area contributed by atoms with E-state index in [1.807, 2.05) is 6.92 Å². The average molecular weight is 305 g/mol. The maximum Gasteiger partial charge on any atom is 0.274 e. The third-order valence-electron chi connectivity index (χ3n) is 2.84. The summed E-state index contributed by atoms with van der Waals surface area (Å²) in [6.07, 6.45) is 1.23. The molecule has 0 aliphatic heterocycles. The van der Waals surface area contributed by atoms with E-state index >= 15 is 0 Å². The minimum atomic E-state index is -0.654. The molecule has 5 nitrogen and oxygen atoms in total. The maximum absolute atomic E-state index is 13.5. The quantitative estimate of drug-likeness (QED) is 0.592. The lowest BCUT2D eigenvalue weighted by molar-refractivity contribution is -0.385. The summed E-state index contributed by atoms with van der Waals surface area (Å²) in [6, 6.07) is 2.06. The summed E-state index contributed by atoms with van der Waals surface area (Å²) in [7, 11) is 1.55. The highest BCUT2D eigenvalue weighted by Crippen LogP contribution is 2.27. The highest BCUT2D eigenvalue weighted by atomic mass is 35.5. The van der Waals surface area contributed by atoms with Crippen molar-refractivity contribution in [2.45, 2.75) is 25.8 Å². The van der Waals surface area contributed by atoms with Gasteiger partial charge in [0.1, 0.15) is 5.82 Å². The zero-order valence-electron chi connectivity index (χ0n) is 11.5. The summed E-state index contributed by atoms with van der Waals surface area (Å²) in [6.45, 7) is 3.17. The Morgan fingerprint density at radius 3 is 2.80 bits per heavy atom. The number of halogens is 2. The zero-order valence-corrected chi connectivity index (χ0v) is 12.2. The standard InChI is InChI=1S/C13H18ClFN2O3/c1-3-4-16-10(8-20-2)5-9-6-12(15)11(14)7-13(9)17(18)19/h6-7,10,16H,3-5,8H2,1-2H3. The average Bonchev–Trinajstić information content (AvgIpc) is 2.39. The molecule has 0 saturated carbocycles. The fourth-order valence-electron chi connectivity index (χ4n) is 1.92. The number of nitro benzene ring substituents is 1. The number of ether oxygens (including phenoxy) is 1. The zero-order chi connectivity index (χ0) is 15.1. The van der Waals surface area contributed by atoms with E-state index in [0.29, 0.717) is 18.6 Å². The van der Waals surface area contributed by atoms with E-state index in [-0.39, 0.29) is 16.8 Å². The van der Waals surface area contributed by atoms with Gasteiger partial charge in [0.2, 0.25) is 0 Å². The Morgan fingerprint density at radius 2 is 2.25 bits per heavy atom. The second kappa shape index (κ2) is 8.14. The molecule has 0 aliphatic carbocycles. The van der Waals surface area contributed by atoms with Gasteiger partial charge in [-0.25, -0.2) is 4.39 Å². The first-order valence-electron chi connectivity index (χ1n) is 6.34. The van der Waals surface area contributed by atoms with Gasteiger partial charge in [0, 0.05) is 24.8 Å². The molecule has 1 N–H and O–H groups in total. The molecule has 0 aliphatic rings. The van der Waals surface area contributed by atoms with Gasteiger partial charge in [0.25, 0.3) is 5.69 Å². The second-order valence-corrected chi connectivity index (χ2v) is 4.87. The first kappa shape index (κ1) is 16.8. The predicted molar refractivity (Wildman–Crippen MR) is 75.7 cm³/mol. The van der Waals surface area contributed by atoms with Crippen molar-refractivity contribution < 1.29 is 14.1 Å². The Balaban J connectivity index is 2.98. The Bertz CT molecular complexity index is 471. The van der Waals surface area contributed by atoms with Gasteiger partial charge in [-0.2, -0.15) is 0 Å². The molecule has 7 heteroatoms. The van der Waals surface area contributed by atoms with E-state index in [1.54, 1.807) is 7.11 Å². The van der Waals surface area contributed by atoms with Gasteiger partial charge in [-0.3, -0.25) is 10.1 Å². The molecular weight excluding hydrogens is 287 g/mol.